The minimum Gasteiger partial charge on any atom is -0.368 e. The molecule has 2 aromatic carbocycles. The van der Waals surface area contributed by atoms with E-state index < -0.39 is 11.7 Å². The first-order valence-corrected chi connectivity index (χ1v) is 8.50. The van der Waals surface area contributed by atoms with Crippen molar-refractivity contribution in [3.63, 3.8) is 0 Å². The van der Waals surface area contributed by atoms with Crippen LogP contribution in [0.2, 0.25) is 15.1 Å². The zero-order valence-corrected chi connectivity index (χ0v) is 15.5. The molecule has 0 bridgehead atoms. The predicted molar refractivity (Wildman–Crippen MR) is 108 cm³/mol. The van der Waals surface area contributed by atoms with Gasteiger partial charge in [0.1, 0.15) is 5.82 Å². The molecule has 0 radical (unpaired) electrons. The highest BCUT2D eigenvalue weighted by atomic mass is 35.5. The lowest BCUT2D eigenvalue weighted by molar-refractivity contribution is -0.137. The molecule has 0 amide bonds. The van der Waals surface area contributed by atoms with E-state index >= 15 is 0 Å². The Hall–Kier alpha value is -2.22. The van der Waals surface area contributed by atoms with Gasteiger partial charge in [-0.25, -0.2) is 4.98 Å². The molecule has 0 saturated heterocycles. The summed E-state index contributed by atoms with van der Waals surface area (Å²) in [6, 6.07) is 9.07. The molecule has 3 aromatic rings. The van der Waals surface area contributed by atoms with Gasteiger partial charge in [-0.2, -0.15) is 18.2 Å². The van der Waals surface area contributed by atoms with Gasteiger partial charge in [-0.05, 0) is 36.4 Å². The molecule has 4 nitrogen and oxygen atoms in total. The number of halogens is 6. The van der Waals surface area contributed by atoms with Crippen molar-refractivity contribution >= 4 is 52.3 Å². The van der Waals surface area contributed by atoms with Gasteiger partial charge in [0.2, 0.25) is 5.95 Å². The number of nitrogens with one attached hydrogen (secondary N) is 1. The SMILES string of the molecule is C.Nc1nc(Nc2ccc(C(F)(F)F)cc2)cc(-c2cc(Cl)cc(Cl)c2Cl)n1. The van der Waals surface area contributed by atoms with Crippen molar-refractivity contribution in [1.29, 1.82) is 0 Å². The summed E-state index contributed by atoms with van der Waals surface area (Å²) < 4.78 is 38.0. The van der Waals surface area contributed by atoms with E-state index in [4.69, 9.17) is 40.5 Å². The zero-order valence-electron chi connectivity index (χ0n) is 13.3. The molecule has 0 aliphatic rings. The number of anilines is 3. The van der Waals surface area contributed by atoms with Crippen molar-refractivity contribution in [1.82, 2.24) is 9.97 Å². The molecule has 10 heteroatoms. The Kier molecular flexibility index (Phi) is 6.64. The van der Waals surface area contributed by atoms with E-state index in [0.717, 1.165) is 12.1 Å². The first-order valence-electron chi connectivity index (χ1n) is 7.37. The third-order valence-corrected chi connectivity index (χ3v) is 4.52. The average Bonchev–Trinajstić information content (AvgIpc) is 2.57. The van der Waals surface area contributed by atoms with Crippen LogP contribution in [0.15, 0.2) is 42.5 Å². The van der Waals surface area contributed by atoms with Crippen molar-refractivity contribution in [2.24, 2.45) is 0 Å². The molecular weight excluding hydrogens is 436 g/mol. The first kappa shape index (κ1) is 22.1. The van der Waals surface area contributed by atoms with Crippen LogP contribution in [0, 0.1) is 0 Å². The lowest BCUT2D eigenvalue weighted by Gasteiger charge is -2.11. The van der Waals surface area contributed by atoms with E-state index in [-0.39, 0.29) is 29.2 Å². The first-order chi connectivity index (χ1) is 12.6. The lowest BCUT2D eigenvalue weighted by Crippen LogP contribution is -2.05. The largest absolute Gasteiger partial charge is 0.416 e. The maximum absolute atomic E-state index is 12.7. The Balaban J connectivity index is 0.00000280. The molecule has 3 rings (SSSR count). The number of nitrogens with two attached hydrogens (primary N) is 1. The molecule has 0 saturated carbocycles. The minimum absolute atomic E-state index is 0. The van der Waals surface area contributed by atoms with Crippen molar-refractivity contribution in [3.05, 3.63) is 63.1 Å². The topological polar surface area (TPSA) is 63.8 Å². The highest BCUT2D eigenvalue weighted by molar-refractivity contribution is 6.45. The molecular formula is C18H14Cl3F3N4. The summed E-state index contributed by atoms with van der Waals surface area (Å²) in [6.07, 6.45) is -4.41. The van der Waals surface area contributed by atoms with Crippen LogP contribution in [0.4, 0.5) is 30.6 Å². The second-order valence-electron chi connectivity index (χ2n) is 5.45. The average molecular weight is 450 g/mol. The minimum atomic E-state index is -4.41. The van der Waals surface area contributed by atoms with E-state index in [1.54, 1.807) is 6.07 Å². The van der Waals surface area contributed by atoms with Crippen LogP contribution in [0.5, 0.6) is 0 Å². The molecule has 0 spiro atoms. The van der Waals surface area contributed by atoms with Crippen LogP contribution in [-0.2, 0) is 6.18 Å². The molecule has 0 atom stereocenters. The Bertz CT molecular complexity index is 993. The number of alkyl halides is 3. The Morgan fingerprint density at radius 2 is 1.57 bits per heavy atom. The normalized spacial score (nSPS) is 11.1. The second-order valence-corrected chi connectivity index (χ2v) is 6.67. The fourth-order valence-corrected chi connectivity index (χ4v) is 3.00. The number of rotatable bonds is 3. The number of aromatic nitrogens is 2. The fraction of sp³-hybridized carbons (Fsp3) is 0.111. The Labute approximate surface area is 174 Å². The third-order valence-electron chi connectivity index (χ3n) is 3.50. The van der Waals surface area contributed by atoms with Crippen molar-refractivity contribution in [2.75, 3.05) is 11.1 Å². The lowest BCUT2D eigenvalue weighted by atomic mass is 10.1. The van der Waals surface area contributed by atoms with Crippen LogP contribution in [0.25, 0.3) is 11.3 Å². The van der Waals surface area contributed by atoms with E-state index in [9.17, 15) is 13.2 Å². The molecule has 1 heterocycles. The van der Waals surface area contributed by atoms with Crippen LogP contribution < -0.4 is 11.1 Å². The summed E-state index contributed by atoms with van der Waals surface area (Å²) in [6.45, 7) is 0. The smallest absolute Gasteiger partial charge is 0.368 e. The number of hydrogen-bond donors (Lipinski definition) is 2. The number of nitrogen functional groups attached to an aromatic ring is 1. The molecule has 148 valence electrons. The van der Waals surface area contributed by atoms with Crippen molar-refractivity contribution < 1.29 is 13.2 Å². The summed E-state index contributed by atoms with van der Waals surface area (Å²) in [7, 11) is 0. The van der Waals surface area contributed by atoms with Crippen LogP contribution in [-0.4, -0.2) is 9.97 Å². The van der Waals surface area contributed by atoms with E-state index in [1.165, 1.54) is 24.3 Å². The Morgan fingerprint density at radius 3 is 2.18 bits per heavy atom. The highest BCUT2D eigenvalue weighted by Crippen LogP contribution is 2.37. The van der Waals surface area contributed by atoms with Gasteiger partial charge in [-0.15, -0.1) is 0 Å². The molecule has 3 N–H and O–H groups in total. The van der Waals surface area contributed by atoms with Crippen LogP contribution >= 0.6 is 34.8 Å². The van der Waals surface area contributed by atoms with Gasteiger partial charge in [-0.1, -0.05) is 42.2 Å². The zero-order chi connectivity index (χ0) is 19.8. The Morgan fingerprint density at radius 1 is 0.929 bits per heavy atom. The van der Waals surface area contributed by atoms with Gasteiger partial charge < -0.3 is 11.1 Å². The van der Waals surface area contributed by atoms with E-state index in [2.05, 4.69) is 15.3 Å². The van der Waals surface area contributed by atoms with Gasteiger partial charge in [0.05, 0.1) is 21.3 Å². The molecule has 0 fully saturated rings. The molecule has 0 unspecified atom stereocenters. The number of nitrogens with zero attached hydrogens (tertiary/aromatic N) is 2. The summed E-state index contributed by atoms with van der Waals surface area (Å²) in [5.74, 6) is 0.207. The van der Waals surface area contributed by atoms with Gasteiger partial charge in [0, 0.05) is 22.3 Å². The standard InChI is InChI=1S/C17H10Cl3F3N4.CH4/c18-9-5-11(15(20)12(19)6-9)13-7-14(27-16(24)26-13)25-10-3-1-8(2-4-10)17(21,22)23;/h1-7H,(H3,24,25,26,27);1H4. The van der Waals surface area contributed by atoms with Gasteiger partial charge in [-0.3, -0.25) is 0 Å². The quantitative estimate of drug-likeness (QED) is 0.419. The maximum Gasteiger partial charge on any atom is 0.416 e. The van der Waals surface area contributed by atoms with Gasteiger partial charge >= 0.3 is 6.18 Å². The van der Waals surface area contributed by atoms with Crippen LogP contribution in [0.1, 0.15) is 13.0 Å². The number of benzene rings is 2. The molecule has 1 aromatic heterocycles. The summed E-state index contributed by atoms with van der Waals surface area (Å²) >= 11 is 18.2. The van der Waals surface area contributed by atoms with Crippen molar-refractivity contribution in [3.8, 4) is 11.3 Å². The second kappa shape index (κ2) is 8.43. The van der Waals surface area contributed by atoms with E-state index in [1.807, 2.05) is 0 Å². The van der Waals surface area contributed by atoms with Gasteiger partial charge in [0.25, 0.3) is 0 Å². The fourth-order valence-electron chi connectivity index (χ4n) is 2.30. The van der Waals surface area contributed by atoms with Crippen LogP contribution in [0.3, 0.4) is 0 Å². The third kappa shape index (κ3) is 4.98. The molecule has 0 aliphatic carbocycles. The predicted octanol–water partition coefficient (Wildman–Crippen LogP) is 7.08. The summed E-state index contributed by atoms with van der Waals surface area (Å²) in [5.41, 5.74) is 6.17. The molecule has 0 aliphatic heterocycles. The van der Waals surface area contributed by atoms with Gasteiger partial charge in [0.15, 0.2) is 0 Å². The number of hydrogen-bond acceptors (Lipinski definition) is 4. The summed E-state index contributed by atoms with van der Waals surface area (Å²) in [4.78, 5) is 8.14. The van der Waals surface area contributed by atoms with Crippen molar-refractivity contribution in [2.45, 2.75) is 13.6 Å². The maximum atomic E-state index is 12.7. The summed E-state index contributed by atoms with van der Waals surface area (Å²) in [5, 5.41) is 3.71. The highest BCUT2D eigenvalue weighted by Gasteiger charge is 2.29. The molecule has 28 heavy (non-hydrogen) atoms. The van der Waals surface area contributed by atoms with E-state index in [0.29, 0.717) is 22.0 Å². The monoisotopic (exact) mass is 448 g/mol.